The van der Waals surface area contributed by atoms with Crippen molar-refractivity contribution in [1.82, 2.24) is 0 Å². The fourth-order valence-corrected chi connectivity index (χ4v) is 4.77. The van der Waals surface area contributed by atoms with E-state index in [1.165, 1.54) is 0 Å². The van der Waals surface area contributed by atoms with E-state index >= 15 is 0 Å². The lowest BCUT2D eigenvalue weighted by molar-refractivity contribution is -0.119. The summed E-state index contributed by atoms with van der Waals surface area (Å²) in [6, 6.07) is 11.8. The third kappa shape index (κ3) is 3.44. The van der Waals surface area contributed by atoms with Crippen molar-refractivity contribution in [3.63, 3.8) is 0 Å². The Bertz CT molecular complexity index is 959. The number of rotatable bonds is 4. The number of para-hydroxylation sites is 1. The van der Waals surface area contributed by atoms with Gasteiger partial charge < -0.3 is 4.90 Å². The lowest BCUT2D eigenvalue weighted by atomic mass is 10.1. The number of halogens is 1. The summed E-state index contributed by atoms with van der Waals surface area (Å²) in [4.78, 5) is 14.8. The van der Waals surface area contributed by atoms with Crippen molar-refractivity contribution in [2.45, 2.75) is 26.3 Å². The smallest absolute Gasteiger partial charge is 0.250 e. The third-order valence-corrected chi connectivity index (χ3v) is 6.09. The Balaban J connectivity index is 2.01. The van der Waals surface area contributed by atoms with Gasteiger partial charge in [-0.3, -0.25) is 9.10 Å². The molecule has 1 heterocycles. The zero-order chi connectivity index (χ0) is 19.1. The van der Waals surface area contributed by atoms with Gasteiger partial charge in [-0.2, -0.15) is 0 Å². The van der Waals surface area contributed by atoms with E-state index in [2.05, 4.69) is 0 Å². The van der Waals surface area contributed by atoms with Crippen molar-refractivity contribution in [2.75, 3.05) is 22.0 Å². The van der Waals surface area contributed by atoms with Crippen LogP contribution in [0.5, 0.6) is 0 Å². The summed E-state index contributed by atoms with van der Waals surface area (Å²) >= 11 is 6.07. The average molecular weight is 393 g/mol. The van der Waals surface area contributed by atoms with Gasteiger partial charge in [0.15, 0.2) is 0 Å². The van der Waals surface area contributed by atoms with Gasteiger partial charge in [0.05, 0.1) is 11.9 Å². The minimum absolute atomic E-state index is 0.250. The van der Waals surface area contributed by atoms with E-state index in [9.17, 15) is 13.2 Å². The van der Waals surface area contributed by atoms with Gasteiger partial charge in [0.25, 0.3) is 5.91 Å². The van der Waals surface area contributed by atoms with Crippen LogP contribution in [0.4, 0.5) is 11.4 Å². The minimum Gasteiger partial charge on any atom is -0.310 e. The molecule has 0 saturated carbocycles. The highest BCUT2D eigenvalue weighted by atomic mass is 35.5. The number of amides is 1. The van der Waals surface area contributed by atoms with Crippen LogP contribution in [0.3, 0.4) is 0 Å². The maximum atomic E-state index is 13.2. The van der Waals surface area contributed by atoms with Crippen LogP contribution in [0, 0.1) is 6.92 Å². The molecule has 0 aliphatic carbocycles. The molecular weight excluding hydrogens is 372 g/mol. The van der Waals surface area contributed by atoms with E-state index in [4.69, 9.17) is 11.6 Å². The molecule has 2 aromatic carbocycles. The molecule has 5 nitrogen and oxygen atoms in total. The molecule has 0 aromatic heterocycles. The molecule has 1 amide bonds. The van der Waals surface area contributed by atoms with Gasteiger partial charge in [-0.25, -0.2) is 8.42 Å². The van der Waals surface area contributed by atoms with Crippen LogP contribution in [0.15, 0.2) is 42.5 Å². The van der Waals surface area contributed by atoms with E-state index < -0.39 is 16.1 Å². The summed E-state index contributed by atoms with van der Waals surface area (Å²) in [5.41, 5.74) is 3.10. The monoisotopic (exact) mass is 392 g/mol. The maximum absolute atomic E-state index is 13.2. The van der Waals surface area contributed by atoms with Crippen LogP contribution >= 0.6 is 11.6 Å². The molecule has 26 heavy (non-hydrogen) atoms. The largest absolute Gasteiger partial charge is 0.310 e. The summed E-state index contributed by atoms with van der Waals surface area (Å²) in [7, 11) is -3.68. The fraction of sp³-hybridized carbons (Fsp3) is 0.316. The number of sulfonamides is 1. The Labute approximate surface area is 159 Å². The highest BCUT2D eigenvalue weighted by molar-refractivity contribution is 7.92. The molecule has 138 valence electrons. The number of fused-ring (bicyclic) bond motifs is 1. The first-order valence-electron chi connectivity index (χ1n) is 8.35. The van der Waals surface area contributed by atoms with E-state index in [1.807, 2.05) is 24.3 Å². The van der Waals surface area contributed by atoms with Crippen LogP contribution in [0.2, 0.25) is 5.02 Å². The molecule has 1 unspecified atom stereocenters. The average Bonchev–Trinajstić information content (AvgIpc) is 3.00. The van der Waals surface area contributed by atoms with E-state index in [1.54, 1.807) is 36.9 Å². The summed E-state index contributed by atoms with van der Waals surface area (Å²) in [5.74, 6) is -0.250. The van der Waals surface area contributed by atoms with Crippen LogP contribution in [0.1, 0.15) is 18.1 Å². The lowest BCUT2D eigenvalue weighted by Crippen LogP contribution is -2.49. The Hall–Kier alpha value is -2.05. The van der Waals surface area contributed by atoms with Gasteiger partial charge in [0.1, 0.15) is 6.04 Å². The normalized spacial score (nSPS) is 14.8. The van der Waals surface area contributed by atoms with E-state index in [-0.39, 0.29) is 5.91 Å². The Kier molecular flexibility index (Phi) is 4.99. The van der Waals surface area contributed by atoms with Gasteiger partial charge in [0.2, 0.25) is 10.0 Å². The number of hydrogen-bond donors (Lipinski definition) is 0. The molecule has 0 radical (unpaired) electrons. The first-order valence-corrected chi connectivity index (χ1v) is 10.6. The van der Waals surface area contributed by atoms with Crippen molar-refractivity contribution in [3.05, 3.63) is 58.6 Å². The molecule has 2 aromatic rings. The fourth-order valence-electron chi connectivity index (χ4n) is 3.39. The molecule has 0 N–H and O–H groups in total. The maximum Gasteiger partial charge on any atom is 0.250 e. The van der Waals surface area contributed by atoms with Crippen LogP contribution in [-0.2, 0) is 21.2 Å². The second-order valence-electron chi connectivity index (χ2n) is 6.53. The van der Waals surface area contributed by atoms with Crippen molar-refractivity contribution in [2.24, 2.45) is 0 Å². The highest BCUT2D eigenvalue weighted by Gasteiger charge is 2.35. The molecule has 0 bridgehead atoms. The molecule has 0 spiro atoms. The van der Waals surface area contributed by atoms with Crippen molar-refractivity contribution < 1.29 is 13.2 Å². The molecule has 1 aliphatic rings. The number of nitrogens with zero attached hydrogens (tertiary/aromatic N) is 2. The van der Waals surface area contributed by atoms with Crippen molar-refractivity contribution in [3.8, 4) is 0 Å². The predicted molar refractivity (Wildman–Crippen MR) is 105 cm³/mol. The standard InChI is InChI=1S/C19H21ClN2O3S/c1-13-8-9-16(20)12-18(13)22(26(3,24)25)14(2)19(23)21-11-10-15-6-4-5-7-17(15)21/h4-9,12,14H,10-11H2,1-3H3. The van der Waals surface area contributed by atoms with Gasteiger partial charge in [-0.15, -0.1) is 0 Å². The number of benzene rings is 2. The molecule has 1 atom stereocenters. The number of carbonyl (C=O) groups excluding carboxylic acids is 1. The van der Waals surface area contributed by atoms with Gasteiger partial charge in [-0.1, -0.05) is 35.9 Å². The van der Waals surface area contributed by atoms with Crippen LogP contribution in [-0.4, -0.2) is 33.2 Å². The summed E-state index contributed by atoms with van der Waals surface area (Å²) in [6.45, 7) is 3.96. The lowest BCUT2D eigenvalue weighted by Gasteiger charge is -2.32. The van der Waals surface area contributed by atoms with Crippen LogP contribution in [0.25, 0.3) is 0 Å². The Morgan fingerprint density at radius 3 is 2.62 bits per heavy atom. The second-order valence-corrected chi connectivity index (χ2v) is 8.83. The Morgan fingerprint density at radius 2 is 1.92 bits per heavy atom. The third-order valence-electron chi connectivity index (χ3n) is 4.63. The minimum atomic E-state index is -3.68. The van der Waals surface area contributed by atoms with Gasteiger partial charge in [-0.05, 0) is 49.6 Å². The summed E-state index contributed by atoms with van der Waals surface area (Å²) in [6.07, 6.45) is 1.87. The molecule has 3 rings (SSSR count). The SMILES string of the molecule is Cc1ccc(Cl)cc1N(C(C)C(=O)N1CCc2ccccc21)S(C)(=O)=O. The molecule has 0 fully saturated rings. The zero-order valence-electron chi connectivity index (χ0n) is 14.9. The molecule has 0 saturated heterocycles. The second kappa shape index (κ2) is 6.93. The number of anilines is 2. The number of carbonyl (C=O) groups is 1. The van der Waals surface area contributed by atoms with Gasteiger partial charge in [0, 0.05) is 17.3 Å². The van der Waals surface area contributed by atoms with Crippen LogP contribution < -0.4 is 9.21 Å². The number of hydrogen-bond acceptors (Lipinski definition) is 3. The zero-order valence-corrected chi connectivity index (χ0v) is 16.5. The van der Waals surface area contributed by atoms with E-state index in [0.29, 0.717) is 17.3 Å². The number of aryl methyl sites for hydroxylation is 1. The summed E-state index contributed by atoms with van der Waals surface area (Å²) < 4.78 is 26.2. The predicted octanol–water partition coefficient (Wildman–Crippen LogP) is 3.39. The first kappa shape index (κ1) is 18.7. The Morgan fingerprint density at radius 1 is 1.23 bits per heavy atom. The summed E-state index contributed by atoms with van der Waals surface area (Å²) in [5, 5.41) is 0.422. The van der Waals surface area contributed by atoms with E-state index in [0.717, 1.165) is 33.8 Å². The van der Waals surface area contributed by atoms with Crippen molar-refractivity contribution in [1.29, 1.82) is 0 Å². The quantitative estimate of drug-likeness (QED) is 0.801. The molecule has 1 aliphatic heterocycles. The molecule has 7 heteroatoms. The van der Waals surface area contributed by atoms with Crippen molar-refractivity contribution >= 4 is 38.9 Å². The highest BCUT2D eigenvalue weighted by Crippen LogP contribution is 2.32. The molecular formula is C19H21ClN2O3S. The first-order chi connectivity index (χ1) is 12.2. The van der Waals surface area contributed by atoms with Gasteiger partial charge >= 0.3 is 0 Å². The topological polar surface area (TPSA) is 57.7 Å².